The Hall–Kier alpha value is -2.19. The number of piperidine rings is 1. The molecule has 2 aromatic heterocycles. The highest BCUT2D eigenvalue weighted by Gasteiger charge is 2.36. The highest BCUT2D eigenvalue weighted by molar-refractivity contribution is 6.44. The fourth-order valence-corrected chi connectivity index (χ4v) is 3.75. The molecule has 1 saturated heterocycles. The molecule has 0 saturated carbocycles. The molecular formula is C19H25Cl2N5O3. The Labute approximate surface area is 179 Å². The van der Waals surface area contributed by atoms with Crippen molar-refractivity contribution in [3.63, 3.8) is 0 Å². The second-order valence-electron chi connectivity index (χ2n) is 8.13. The average molecular weight is 442 g/mol. The number of amides is 2. The maximum absolute atomic E-state index is 12.8. The lowest BCUT2D eigenvalue weighted by atomic mass is 9.99. The molecule has 2 amide bonds. The standard InChI is InChI=1S/C19H25Cl2N5O3/c1-11-14(20)15(21)16(23-11)17(27)24-12-5-7-25(18(28)29-19(2,3)4)9-13(12)26-8-6-22-10-26/h6,8,10,12-13,23H,5,7,9H2,1-4H3,(H,24,27)/t12-,13+/m1/s1. The monoisotopic (exact) mass is 441 g/mol. The first kappa shape index (κ1) is 21.5. The van der Waals surface area contributed by atoms with E-state index < -0.39 is 5.60 Å². The molecule has 10 heteroatoms. The van der Waals surface area contributed by atoms with Crippen molar-refractivity contribution >= 4 is 35.2 Å². The lowest BCUT2D eigenvalue weighted by Gasteiger charge is -2.39. The Balaban J connectivity index is 1.77. The minimum atomic E-state index is -0.575. The molecule has 3 heterocycles. The highest BCUT2D eigenvalue weighted by Crippen LogP contribution is 2.30. The Kier molecular flexibility index (Phi) is 6.14. The van der Waals surface area contributed by atoms with Gasteiger partial charge in [-0.05, 0) is 34.1 Å². The molecule has 3 rings (SSSR count). The number of ether oxygens (including phenoxy) is 1. The Morgan fingerprint density at radius 2 is 2.03 bits per heavy atom. The van der Waals surface area contributed by atoms with Crippen molar-refractivity contribution in [3.8, 4) is 0 Å². The molecule has 2 atom stereocenters. The number of carbonyl (C=O) groups excluding carboxylic acids is 2. The first-order chi connectivity index (χ1) is 13.6. The summed E-state index contributed by atoms with van der Waals surface area (Å²) in [4.78, 5) is 34.0. The van der Waals surface area contributed by atoms with Crippen molar-refractivity contribution in [3.05, 3.63) is 40.2 Å². The fourth-order valence-electron chi connectivity index (χ4n) is 3.33. The largest absolute Gasteiger partial charge is 0.444 e. The number of rotatable bonds is 3. The molecule has 2 N–H and O–H groups in total. The minimum Gasteiger partial charge on any atom is -0.444 e. The van der Waals surface area contributed by atoms with E-state index in [-0.39, 0.29) is 34.8 Å². The van der Waals surface area contributed by atoms with Crippen molar-refractivity contribution < 1.29 is 14.3 Å². The van der Waals surface area contributed by atoms with Crippen LogP contribution in [0.1, 0.15) is 49.4 Å². The molecule has 158 valence electrons. The van der Waals surface area contributed by atoms with Crippen molar-refractivity contribution in [2.24, 2.45) is 0 Å². The molecule has 0 bridgehead atoms. The molecule has 1 aliphatic rings. The van der Waals surface area contributed by atoms with Gasteiger partial charge in [0, 0.05) is 31.2 Å². The van der Waals surface area contributed by atoms with E-state index in [1.165, 1.54) is 0 Å². The first-order valence-corrected chi connectivity index (χ1v) is 10.1. The van der Waals surface area contributed by atoms with Crippen molar-refractivity contribution in [2.45, 2.75) is 51.8 Å². The smallest absolute Gasteiger partial charge is 0.410 e. The molecule has 0 aromatic carbocycles. The van der Waals surface area contributed by atoms with Crippen LogP contribution in [0.4, 0.5) is 4.79 Å². The average Bonchev–Trinajstić information content (AvgIpc) is 3.25. The van der Waals surface area contributed by atoms with Crippen LogP contribution in [0.15, 0.2) is 18.7 Å². The van der Waals surface area contributed by atoms with Gasteiger partial charge in [-0.15, -0.1) is 0 Å². The topological polar surface area (TPSA) is 92.3 Å². The third kappa shape index (κ3) is 4.87. The molecule has 0 radical (unpaired) electrons. The van der Waals surface area contributed by atoms with Gasteiger partial charge < -0.3 is 24.5 Å². The zero-order valence-corrected chi connectivity index (χ0v) is 18.3. The SMILES string of the molecule is Cc1[nH]c(C(=O)N[C@@H]2CCN(C(=O)OC(C)(C)C)C[C@@H]2n2ccnc2)c(Cl)c1Cl. The molecule has 2 aromatic rings. The molecule has 0 aliphatic carbocycles. The van der Waals surface area contributed by atoms with Gasteiger partial charge in [-0.2, -0.15) is 0 Å². The van der Waals surface area contributed by atoms with E-state index in [1.807, 2.05) is 31.5 Å². The first-order valence-electron chi connectivity index (χ1n) is 9.36. The second kappa shape index (κ2) is 8.28. The summed E-state index contributed by atoms with van der Waals surface area (Å²) in [5.41, 5.74) is 0.287. The minimum absolute atomic E-state index is 0.201. The molecular weight excluding hydrogens is 417 g/mol. The Morgan fingerprint density at radius 1 is 1.31 bits per heavy atom. The van der Waals surface area contributed by atoms with E-state index in [4.69, 9.17) is 27.9 Å². The summed E-state index contributed by atoms with van der Waals surface area (Å²) in [5.74, 6) is -0.342. The summed E-state index contributed by atoms with van der Waals surface area (Å²) in [5, 5.41) is 3.56. The van der Waals surface area contributed by atoms with Crippen LogP contribution in [-0.2, 0) is 4.74 Å². The number of aromatic nitrogens is 3. The van der Waals surface area contributed by atoms with Gasteiger partial charge in [0.15, 0.2) is 0 Å². The normalized spacial score (nSPS) is 19.9. The predicted octanol–water partition coefficient (Wildman–Crippen LogP) is 3.81. The number of hydrogen-bond donors (Lipinski definition) is 2. The van der Waals surface area contributed by atoms with Gasteiger partial charge in [-0.1, -0.05) is 23.2 Å². The molecule has 1 aliphatic heterocycles. The van der Waals surface area contributed by atoms with Crippen LogP contribution in [-0.4, -0.2) is 56.2 Å². The van der Waals surface area contributed by atoms with Gasteiger partial charge in [-0.3, -0.25) is 4.79 Å². The summed E-state index contributed by atoms with van der Waals surface area (Å²) >= 11 is 12.3. The van der Waals surface area contributed by atoms with E-state index >= 15 is 0 Å². The van der Waals surface area contributed by atoms with Crippen LogP contribution in [0.2, 0.25) is 10.0 Å². The quantitative estimate of drug-likeness (QED) is 0.756. The number of likely N-dealkylation sites (tertiary alicyclic amines) is 1. The van der Waals surface area contributed by atoms with Crippen molar-refractivity contribution in [1.82, 2.24) is 24.8 Å². The number of carbonyl (C=O) groups is 2. The number of halogens is 2. The Bertz CT molecular complexity index is 889. The van der Waals surface area contributed by atoms with Crippen LogP contribution in [0.25, 0.3) is 0 Å². The fraction of sp³-hybridized carbons (Fsp3) is 0.526. The van der Waals surface area contributed by atoms with Crippen LogP contribution in [0.5, 0.6) is 0 Å². The number of nitrogens with zero attached hydrogens (tertiary/aromatic N) is 3. The van der Waals surface area contributed by atoms with E-state index in [9.17, 15) is 9.59 Å². The Morgan fingerprint density at radius 3 is 2.59 bits per heavy atom. The zero-order chi connectivity index (χ0) is 21.3. The number of hydrogen-bond acceptors (Lipinski definition) is 4. The van der Waals surface area contributed by atoms with Crippen LogP contribution in [0.3, 0.4) is 0 Å². The third-order valence-electron chi connectivity index (χ3n) is 4.74. The van der Waals surface area contributed by atoms with Gasteiger partial charge in [0.2, 0.25) is 0 Å². The summed E-state index contributed by atoms with van der Waals surface area (Å²) in [6, 6.07) is -0.429. The number of aryl methyl sites for hydroxylation is 1. The van der Waals surface area contributed by atoms with Crippen LogP contribution in [0, 0.1) is 6.92 Å². The van der Waals surface area contributed by atoms with Gasteiger partial charge in [0.05, 0.1) is 28.5 Å². The summed E-state index contributed by atoms with van der Waals surface area (Å²) in [7, 11) is 0. The van der Waals surface area contributed by atoms with Gasteiger partial charge in [-0.25, -0.2) is 9.78 Å². The number of aromatic amines is 1. The summed E-state index contributed by atoms with van der Waals surface area (Å²) < 4.78 is 7.38. The predicted molar refractivity (Wildman–Crippen MR) is 110 cm³/mol. The van der Waals surface area contributed by atoms with Crippen LogP contribution >= 0.6 is 23.2 Å². The van der Waals surface area contributed by atoms with Gasteiger partial charge in [0.25, 0.3) is 5.91 Å². The van der Waals surface area contributed by atoms with E-state index in [1.54, 1.807) is 24.3 Å². The molecule has 1 fully saturated rings. The van der Waals surface area contributed by atoms with Crippen molar-refractivity contribution in [2.75, 3.05) is 13.1 Å². The van der Waals surface area contributed by atoms with E-state index in [0.29, 0.717) is 30.2 Å². The maximum Gasteiger partial charge on any atom is 0.410 e. The lowest BCUT2D eigenvalue weighted by molar-refractivity contribution is 0.0143. The maximum atomic E-state index is 12.8. The molecule has 0 unspecified atom stereocenters. The zero-order valence-electron chi connectivity index (χ0n) is 16.8. The summed E-state index contributed by atoms with van der Waals surface area (Å²) in [6.45, 7) is 8.09. The van der Waals surface area contributed by atoms with Gasteiger partial charge >= 0.3 is 6.09 Å². The lowest BCUT2D eigenvalue weighted by Crippen LogP contribution is -2.53. The second-order valence-corrected chi connectivity index (χ2v) is 8.88. The van der Waals surface area contributed by atoms with E-state index in [2.05, 4.69) is 15.3 Å². The third-order valence-corrected chi connectivity index (χ3v) is 5.69. The van der Waals surface area contributed by atoms with Crippen molar-refractivity contribution in [1.29, 1.82) is 0 Å². The van der Waals surface area contributed by atoms with Crippen LogP contribution < -0.4 is 5.32 Å². The molecule has 29 heavy (non-hydrogen) atoms. The number of imidazole rings is 1. The van der Waals surface area contributed by atoms with Gasteiger partial charge in [0.1, 0.15) is 11.3 Å². The number of H-pyrrole nitrogens is 1. The van der Waals surface area contributed by atoms with E-state index in [0.717, 1.165) is 0 Å². The molecule has 0 spiro atoms. The molecule has 8 nitrogen and oxygen atoms in total. The number of nitrogens with one attached hydrogen (secondary N) is 2. The highest BCUT2D eigenvalue weighted by atomic mass is 35.5. The summed E-state index contributed by atoms with van der Waals surface area (Å²) in [6.07, 6.45) is 5.33.